The van der Waals surface area contributed by atoms with Gasteiger partial charge < -0.3 is 18.9 Å². The number of ether oxygens (including phenoxy) is 4. The third kappa shape index (κ3) is 23.8. The third-order valence-corrected chi connectivity index (χ3v) is 23.2. The fourth-order valence-corrected chi connectivity index (χ4v) is 16.8. The molecule has 27 heteroatoms. The summed E-state index contributed by atoms with van der Waals surface area (Å²) in [4.78, 5) is 95.4. The van der Waals surface area contributed by atoms with Gasteiger partial charge in [-0.1, -0.05) is 124 Å². The number of esters is 4. The minimum atomic E-state index is -0.446. The molecule has 9 atom stereocenters. The average molecular weight is 1750 g/mol. The van der Waals surface area contributed by atoms with E-state index in [-0.39, 0.29) is 103 Å². The lowest BCUT2D eigenvalue weighted by atomic mass is 10.0. The lowest BCUT2D eigenvalue weighted by molar-refractivity contribution is -0.145. The van der Waals surface area contributed by atoms with Gasteiger partial charge >= 0.3 is 23.9 Å². The molecule has 2 N–H and O–H groups in total. The summed E-state index contributed by atoms with van der Waals surface area (Å²) in [5.41, 5.74) is 15.2. The van der Waals surface area contributed by atoms with E-state index in [9.17, 15) is 41.9 Å². The number of hydrogen-bond acceptors (Lipinski definition) is 17. The molecule has 0 aliphatic heterocycles. The maximum Gasteiger partial charge on any atom is 0.330 e. The molecule has 6 aromatic heterocycles. The van der Waals surface area contributed by atoms with Gasteiger partial charge in [-0.2, -0.15) is 0 Å². The molecule has 120 heavy (non-hydrogen) atoms. The van der Waals surface area contributed by atoms with Crippen LogP contribution in [0.2, 0.25) is 30.9 Å². The Morgan fingerprint density at radius 3 is 0.958 bits per heavy atom. The lowest BCUT2D eigenvalue weighted by Crippen LogP contribution is -2.21. The number of hydrogen-bond donors (Lipinski definition) is 2. The molecule has 0 spiro atoms. The highest BCUT2D eigenvalue weighted by atomic mass is 35.5. The van der Waals surface area contributed by atoms with Crippen LogP contribution in [0.3, 0.4) is 0 Å². The van der Waals surface area contributed by atoms with E-state index < -0.39 is 17.8 Å². The molecular weight excluding hydrogens is 1660 g/mol. The zero-order valence-electron chi connectivity index (χ0n) is 66.3. The molecule has 0 radical (unpaired) electrons. The van der Waals surface area contributed by atoms with Crippen molar-refractivity contribution in [3.8, 4) is 0 Å². The number of aromatic nitrogens is 6. The molecule has 0 saturated heterocycles. The highest BCUT2D eigenvalue weighted by Crippen LogP contribution is 2.65. The van der Waals surface area contributed by atoms with Crippen LogP contribution < -0.4 is 5.48 Å². The second-order valence-corrected chi connectivity index (χ2v) is 33.4. The first-order valence-corrected chi connectivity index (χ1v) is 42.9. The second kappa shape index (κ2) is 40.5. The van der Waals surface area contributed by atoms with Crippen molar-refractivity contribution in [2.24, 2.45) is 17.8 Å². The van der Waals surface area contributed by atoms with Gasteiger partial charge in [-0.15, -0.1) is 0 Å². The molecule has 9 aromatic rings. The van der Waals surface area contributed by atoms with Crippen LogP contribution in [-0.4, -0.2) is 97.6 Å². The van der Waals surface area contributed by atoms with Gasteiger partial charge in [-0.25, -0.2) is 48.2 Å². The van der Waals surface area contributed by atoms with Crippen molar-refractivity contribution in [1.29, 1.82) is 0 Å². The summed E-state index contributed by atoms with van der Waals surface area (Å²) < 4.78 is 63.2. The van der Waals surface area contributed by atoms with Crippen molar-refractivity contribution in [2.75, 3.05) is 26.4 Å². The van der Waals surface area contributed by atoms with Crippen LogP contribution in [0.15, 0.2) is 158 Å². The van der Waals surface area contributed by atoms with Gasteiger partial charge in [-0.05, 0) is 252 Å². The van der Waals surface area contributed by atoms with Crippen molar-refractivity contribution in [1.82, 2.24) is 35.4 Å². The highest BCUT2D eigenvalue weighted by molar-refractivity contribution is 6.33. The van der Waals surface area contributed by atoms with Gasteiger partial charge in [0, 0.05) is 123 Å². The van der Waals surface area contributed by atoms with Crippen LogP contribution in [0.25, 0.3) is 12.2 Å². The van der Waals surface area contributed by atoms with Gasteiger partial charge in [0.2, 0.25) is 5.91 Å². The topological polar surface area (TPSA) is 249 Å². The van der Waals surface area contributed by atoms with E-state index in [0.717, 1.165) is 69.3 Å². The van der Waals surface area contributed by atoms with E-state index in [1.54, 1.807) is 111 Å². The summed E-state index contributed by atoms with van der Waals surface area (Å²) in [5, 5.41) is 11.1. The Morgan fingerprint density at radius 1 is 0.367 bits per heavy atom. The summed E-state index contributed by atoms with van der Waals surface area (Å²) in [7, 11) is 0. The molecule has 9 saturated carbocycles. The molecule has 1 amide bonds. The largest absolute Gasteiger partial charge is 0.466 e. The summed E-state index contributed by atoms with van der Waals surface area (Å²) in [6, 6.07) is 42.2. The predicted octanol–water partition coefficient (Wildman–Crippen LogP) is 22.2. The first-order chi connectivity index (χ1) is 58.0. The summed E-state index contributed by atoms with van der Waals surface area (Å²) >= 11 is 34.5. The third-order valence-electron chi connectivity index (χ3n) is 22.1. The first-order valence-electron chi connectivity index (χ1n) is 40.7. The number of carbonyl (C=O) groups excluding carboxylic acids is 6. The zero-order valence-corrected chi connectivity index (χ0v) is 70.9. The van der Waals surface area contributed by atoms with Crippen LogP contribution in [0.1, 0.15) is 265 Å². The Kier molecular flexibility index (Phi) is 29.8. The van der Waals surface area contributed by atoms with Crippen molar-refractivity contribution < 1.29 is 66.1 Å². The number of benzene rings is 3. The Balaban J connectivity index is 0.000000128. The number of halogens is 9. The van der Waals surface area contributed by atoms with E-state index in [0.29, 0.717) is 106 Å². The van der Waals surface area contributed by atoms with E-state index in [2.05, 4.69) is 44.2 Å². The Bertz CT molecular complexity index is 5210. The van der Waals surface area contributed by atoms with Gasteiger partial charge in [0.25, 0.3) is 0 Å². The first kappa shape index (κ1) is 88.3. The Labute approximate surface area is 724 Å². The number of amides is 1. The van der Waals surface area contributed by atoms with Crippen LogP contribution in [-0.2, 0) is 42.9 Å². The lowest BCUT2D eigenvalue weighted by Gasteiger charge is -2.09. The number of carbonyl (C=O) groups is 6. The van der Waals surface area contributed by atoms with E-state index in [1.807, 2.05) is 25.1 Å². The molecular formula is C93H90Cl6F3N7O11. The van der Waals surface area contributed by atoms with Gasteiger partial charge in [0.05, 0.1) is 44.2 Å². The number of nitrogens with zero attached hydrogens (tertiary/aromatic N) is 6. The molecule has 6 heterocycles. The smallest absolute Gasteiger partial charge is 0.330 e. The van der Waals surface area contributed by atoms with Crippen molar-refractivity contribution in [3.63, 3.8) is 0 Å². The quantitative estimate of drug-likeness (QED) is 0.0108. The molecule has 9 fully saturated rings. The van der Waals surface area contributed by atoms with Crippen LogP contribution >= 0.6 is 69.6 Å². The van der Waals surface area contributed by atoms with Crippen molar-refractivity contribution in [2.45, 2.75) is 176 Å². The summed E-state index contributed by atoms with van der Waals surface area (Å²) in [5.74, 6) is -1.27. The molecule has 626 valence electrons. The summed E-state index contributed by atoms with van der Waals surface area (Å²) in [6.45, 7) is 8.51. The molecule has 3 aromatic carbocycles. The van der Waals surface area contributed by atoms with Crippen LogP contribution in [0.5, 0.6) is 0 Å². The number of pyridine rings is 6. The minimum Gasteiger partial charge on any atom is -0.466 e. The fourth-order valence-electron chi connectivity index (χ4n) is 15.4. The molecule has 0 bridgehead atoms. The highest BCUT2D eigenvalue weighted by Gasteiger charge is 2.60. The van der Waals surface area contributed by atoms with E-state index >= 15 is 0 Å². The molecule has 9 aliphatic rings. The van der Waals surface area contributed by atoms with Gasteiger partial charge in [-0.3, -0.25) is 34.4 Å². The van der Waals surface area contributed by atoms with Gasteiger partial charge in [0.15, 0.2) is 0 Å². The van der Waals surface area contributed by atoms with Crippen LogP contribution in [0, 0.1) is 35.2 Å². The standard InChI is InChI=1S/C23H24FNO2.C21H21FN2O2.C20H19ClFNO2.C13H14ClNO2.C10H9Cl2NO2.C6H3Cl2NO/c1-2-27-23(26)22-20(21(22)16-5-3-4-6-17(16)24)15-11-18(13-7-8-13)25-19(12-15)14-9-10-14;22-15-4-2-1-3-14(15)19-18(20(19)21(25)24-26)13-9-16(11-5-6-11)23-17(10-13)12-7-8-12;1-2-25-20(24)19-17(18(19)13-5-3-4-6-14(13)22)12-9-15(11-7-8-11)23-16(21)10-12;1-2-17-13(16)6-3-9-7-11(10-4-5-10)15-12(14)8-9;1-2-15-10(14)4-3-7-5-8(11)13-9(12)6-7;7-5-1-4(3-10)2-6(8)9-5/h3-6,11-14,20-22H,2,7-10H2,1H3;1-4,9-12,18-20,26H,5-8H2,(H,24,25);3-6,9-11,17-19H,2,7-8H2,1H3;3,6-8,10H,2,4-5H2,1H3;3-6H,2H2,1H3;1-3H/b;;;6-3+;4-3+;/t20-,21-,22+;18-,19-,20+;17-,18-,19+;;;/m111.../s1. The average Bonchev–Trinajstić information content (AvgIpc) is 1.57. The normalized spacial score (nSPS) is 21.3. The predicted molar refractivity (Wildman–Crippen MR) is 453 cm³/mol. The van der Waals surface area contributed by atoms with E-state index in [4.69, 9.17) is 104 Å². The molecule has 0 unspecified atom stereocenters. The van der Waals surface area contributed by atoms with Gasteiger partial charge in [0.1, 0.15) is 54.7 Å². The second-order valence-electron chi connectivity index (χ2n) is 31.1. The SMILES string of the molecule is CCOC(=O)/C=C/c1cc(Cl)nc(C2CC2)c1.CCOC(=O)/C=C/c1cc(Cl)nc(Cl)c1.CCOC(=O)[C@H]1[C@H](c2cc(C3CC3)nc(C3CC3)c2)[C@H]1c1ccccc1F.CCOC(=O)[C@H]1[C@H](c2cc(Cl)nc(C3CC3)c2)[C@H]1c1ccccc1F.O=C(NO)[C@H]1[C@H](c2cc(C3CC3)nc(C3CC3)c2)[C@H]1c1ccccc1F.O=Cc1cc(Cl)nc(Cl)c1. The molecule has 18 rings (SSSR count). The fraction of sp³-hybridized carbons (Fsp3) is 0.376. The maximum absolute atomic E-state index is 14.5. The van der Waals surface area contributed by atoms with Crippen molar-refractivity contribution >= 4 is 118 Å². The zero-order chi connectivity index (χ0) is 85.0. The number of aldehydes is 1. The van der Waals surface area contributed by atoms with E-state index in [1.165, 1.54) is 107 Å². The number of nitrogens with one attached hydrogen (secondary N) is 1. The molecule has 9 aliphatic carbocycles. The molecule has 18 nitrogen and oxygen atoms in total. The minimum absolute atomic E-state index is 0.0149. The van der Waals surface area contributed by atoms with Crippen molar-refractivity contribution in [3.05, 3.63) is 290 Å². The monoisotopic (exact) mass is 1750 g/mol. The summed E-state index contributed by atoms with van der Waals surface area (Å²) in [6.07, 6.45) is 20.7. The Hall–Kier alpha value is -9.45. The maximum atomic E-state index is 14.5. The number of hydroxylamine groups is 1. The van der Waals surface area contributed by atoms with Crippen LogP contribution in [0.4, 0.5) is 13.2 Å². The Morgan fingerprint density at radius 2 is 0.642 bits per heavy atom. The number of rotatable bonds is 24.